The molecule has 33 valence electrons. The molecule has 1 aliphatic rings. The first kappa shape index (κ1) is 3.88. The molecule has 0 fully saturated rings. The van der Waals surface area contributed by atoms with E-state index in [1.807, 2.05) is 6.08 Å². The zero-order chi connectivity index (χ0) is 4.24. The maximum Gasteiger partial charge on any atom is 0.0878 e. The summed E-state index contributed by atoms with van der Waals surface area (Å²) in [7, 11) is 0. The molecule has 0 aromatic carbocycles. The van der Waals surface area contributed by atoms with Crippen LogP contribution >= 0.6 is 0 Å². The SMILES string of the molecule is [CH]1CC=CCO1. The summed E-state index contributed by atoms with van der Waals surface area (Å²) < 4.78 is 4.86. The highest BCUT2D eigenvalue weighted by Gasteiger charge is 1.86. The van der Waals surface area contributed by atoms with Crippen LogP contribution in [0.2, 0.25) is 0 Å². The summed E-state index contributed by atoms with van der Waals surface area (Å²) in [5, 5.41) is 0. The predicted molar refractivity (Wildman–Crippen MR) is 24.0 cm³/mol. The van der Waals surface area contributed by atoms with Crippen molar-refractivity contribution in [2.45, 2.75) is 6.42 Å². The quantitative estimate of drug-likeness (QED) is 0.399. The highest BCUT2D eigenvalue weighted by molar-refractivity contribution is 4.88. The zero-order valence-corrected chi connectivity index (χ0v) is 3.55. The molecule has 1 rings (SSSR count). The molecule has 0 unspecified atom stereocenters. The van der Waals surface area contributed by atoms with Crippen LogP contribution in [0.3, 0.4) is 0 Å². The minimum Gasteiger partial charge on any atom is -0.371 e. The van der Waals surface area contributed by atoms with Crippen LogP contribution < -0.4 is 0 Å². The van der Waals surface area contributed by atoms with Gasteiger partial charge < -0.3 is 4.74 Å². The van der Waals surface area contributed by atoms with Crippen molar-refractivity contribution in [1.82, 2.24) is 0 Å². The van der Waals surface area contributed by atoms with Gasteiger partial charge in [0.1, 0.15) is 0 Å². The summed E-state index contributed by atoms with van der Waals surface area (Å²) in [6.07, 6.45) is 5.07. The monoisotopic (exact) mass is 83.0 g/mol. The molecule has 0 saturated carbocycles. The molecule has 1 nitrogen and oxygen atoms in total. The topological polar surface area (TPSA) is 9.23 Å². The first-order valence-electron chi connectivity index (χ1n) is 2.08. The Morgan fingerprint density at radius 1 is 1.33 bits per heavy atom. The lowest BCUT2D eigenvalue weighted by Crippen LogP contribution is -1.90. The fraction of sp³-hybridized carbons (Fsp3) is 0.400. The Kier molecular flexibility index (Phi) is 1.28. The minimum atomic E-state index is 0.764. The summed E-state index contributed by atoms with van der Waals surface area (Å²) in [5.74, 6) is 0. The van der Waals surface area contributed by atoms with Gasteiger partial charge in [0, 0.05) is 0 Å². The molecule has 0 spiro atoms. The van der Waals surface area contributed by atoms with Gasteiger partial charge >= 0.3 is 0 Å². The first-order chi connectivity index (χ1) is 3.00. The van der Waals surface area contributed by atoms with Crippen LogP contribution in [0.1, 0.15) is 6.42 Å². The molecule has 0 N–H and O–H groups in total. The van der Waals surface area contributed by atoms with Crippen molar-refractivity contribution in [2.24, 2.45) is 0 Å². The van der Waals surface area contributed by atoms with Crippen LogP contribution in [-0.2, 0) is 4.74 Å². The van der Waals surface area contributed by atoms with E-state index < -0.39 is 0 Å². The predicted octanol–water partition coefficient (Wildman–Crippen LogP) is 1.12. The van der Waals surface area contributed by atoms with Crippen LogP contribution in [0.5, 0.6) is 0 Å². The second-order valence-corrected chi connectivity index (χ2v) is 1.21. The van der Waals surface area contributed by atoms with Gasteiger partial charge in [0.05, 0.1) is 13.2 Å². The molecular weight excluding hydrogens is 76.1 g/mol. The van der Waals surface area contributed by atoms with E-state index >= 15 is 0 Å². The van der Waals surface area contributed by atoms with E-state index in [1.165, 1.54) is 0 Å². The summed E-state index contributed by atoms with van der Waals surface area (Å²) in [6, 6.07) is 0. The van der Waals surface area contributed by atoms with Gasteiger partial charge in [0.15, 0.2) is 0 Å². The molecule has 1 heteroatoms. The first-order valence-corrected chi connectivity index (χ1v) is 2.08. The van der Waals surface area contributed by atoms with E-state index in [0.717, 1.165) is 13.0 Å². The lowest BCUT2D eigenvalue weighted by molar-refractivity contribution is 0.222. The van der Waals surface area contributed by atoms with Crippen molar-refractivity contribution in [2.75, 3.05) is 6.61 Å². The lowest BCUT2D eigenvalue weighted by atomic mass is 10.3. The van der Waals surface area contributed by atoms with Crippen molar-refractivity contribution in [3.8, 4) is 0 Å². The number of hydrogen-bond donors (Lipinski definition) is 0. The molecule has 1 radical (unpaired) electrons. The third-order valence-electron chi connectivity index (χ3n) is 0.709. The number of hydrogen-bond acceptors (Lipinski definition) is 1. The van der Waals surface area contributed by atoms with E-state index in [0.29, 0.717) is 0 Å². The standard InChI is InChI=1S/C5H7O/c1-2-4-6-5-3-1/h1-2,5H,3-4H2. The van der Waals surface area contributed by atoms with E-state index in [2.05, 4.69) is 6.08 Å². The molecule has 1 heterocycles. The number of rotatable bonds is 0. The van der Waals surface area contributed by atoms with E-state index in [1.54, 1.807) is 6.61 Å². The minimum absolute atomic E-state index is 0.764. The average molecular weight is 83.1 g/mol. The Hall–Kier alpha value is -0.300. The van der Waals surface area contributed by atoms with Crippen molar-refractivity contribution in [1.29, 1.82) is 0 Å². The van der Waals surface area contributed by atoms with Crippen LogP contribution in [0, 0.1) is 6.61 Å². The molecule has 0 bridgehead atoms. The normalized spacial score (nSPS) is 21.3. The van der Waals surface area contributed by atoms with Gasteiger partial charge in [-0.15, -0.1) is 0 Å². The van der Waals surface area contributed by atoms with Gasteiger partial charge in [-0.25, -0.2) is 0 Å². The molecule has 0 aliphatic carbocycles. The second-order valence-electron chi connectivity index (χ2n) is 1.21. The Morgan fingerprint density at radius 3 is 2.50 bits per heavy atom. The fourth-order valence-electron chi connectivity index (χ4n) is 0.411. The van der Waals surface area contributed by atoms with Gasteiger partial charge in [-0.1, -0.05) is 12.2 Å². The van der Waals surface area contributed by atoms with Crippen molar-refractivity contribution in [3.63, 3.8) is 0 Å². The molecule has 0 amide bonds. The van der Waals surface area contributed by atoms with Gasteiger partial charge in [-0.2, -0.15) is 0 Å². The zero-order valence-electron chi connectivity index (χ0n) is 3.55. The maximum atomic E-state index is 4.86. The van der Waals surface area contributed by atoms with Crippen LogP contribution in [0.4, 0.5) is 0 Å². The second kappa shape index (κ2) is 1.98. The lowest BCUT2D eigenvalue weighted by Gasteiger charge is -1.99. The van der Waals surface area contributed by atoms with Crippen LogP contribution in [0.25, 0.3) is 0 Å². The van der Waals surface area contributed by atoms with Gasteiger partial charge in [-0.05, 0) is 6.42 Å². The molecule has 0 aromatic rings. The Balaban J connectivity index is 2.26. The fourth-order valence-corrected chi connectivity index (χ4v) is 0.411. The van der Waals surface area contributed by atoms with Crippen LogP contribution in [-0.4, -0.2) is 6.61 Å². The third-order valence-corrected chi connectivity index (χ3v) is 0.709. The summed E-state index contributed by atoms with van der Waals surface area (Å²) >= 11 is 0. The Bertz CT molecular complexity index is 49.0. The molecular formula is C5H7O. The van der Waals surface area contributed by atoms with Crippen molar-refractivity contribution in [3.05, 3.63) is 18.8 Å². The summed E-state index contributed by atoms with van der Waals surface area (Å²) in [5.41, 5.74) is 0. The largest absolute Gasteiger partial charge is 0.371 e. The average Bonchev–Trinajstić information content (AvgIpc) is 1.72. The Morgan fingerprint density at radius 2 is 2.33 bits per heavy atom. The highest BCUT2D eigenvalue weighted by Crippen LogP contribution is 1.96. The van der Waals surface area contributed by atoms with Gasteiger partial charge in [0.25, 0.3) is 0 Å². The number of ether oxygens (including phenoxy) is 1. The van der Waals surface area contributed by atoms with Crippen LogP contribution in [0.15, 0.2) is 12.2 Å². The van der Waals surface area contributed by atoms with E-state index in [4.69, 9.17) is 4.74 Å². The molecule has 0 aromatic heterocycles. The summed E-state index contributed by atoms with van der Waals surface area (Å²) in [4.78, 5) is 0. The van der Waals surface area contributed by atoms with Gasteiger partial charge in [-0.3, -0.25) is 0 Å². The van der Waals surface area contributed by atoms with Gasteiger partial charge in [0.2, 0.25) is 0 Å². The Labute approximate surface area is 37.6 Å². The highest BCUT2D eigenvalue weighted by atomic mass is 16.5. The molecule has 6 heavy (non-hydrogen) atoms. The smallest absolute Gasteiger partial charge is 0.0878 e. The molecule has 0 saturated heterocycles. The molecule has 1 aliphatic heterocycles. The molecule has 0 atom stereocenters. The van der Waals surface area contributed by atoms with E-state index in [-0.39, 0.29) is 0 Å². The summed E-state index contributed by atoms with van der Waals surface area (Å²) in [6.45, 7) is 2.57. The van der Waals surface area contributed by atoms with Crippen molar-refractivity contribution < 1.29 is 4.74 Å². The van der Waals surface area contributed by atoms with Crippen molar-refractivity contribution >= 4 is 0 Å². The third kappa shape index (κ3) is 0.830. The maximum absolute atomic E-state index is 4.86. The van der Waals surface area contributed by atoms with E-state index in [9.17, 15) is 0 Å².